The Balaban J connectivity index is 1.82. The van der Waals surface area contributed by atoms with Crippen molar-refractivity contribution in [3.05, 3.63) is 18.0 Å². The van der Waals surface area contributed by atoms with Crippen LogP contribution in [-0.4, -0.2) is 64.8 Å². The van der Waals surface area contributed by atoms with Gasteiger partial charge in [0.05, 0.1) is 6.42 Å². The Bertz CT molecular complexity index is 791. The lowest BCUT2D eigenvalue weighted by Gasteiger charge is -2.25. The van der Waals surface area contributed by atoms with Crippen LogP contribution in [0.15, 0.2) is 17.2 Å². The van der Waals surface area contributed by atoms with Gasteiger partial charge in [-0.3, -0.25) is 9.59 Å². The number of sulfonamides is 1. The zero-order valence-electron chi connectivity index (χ0n) is 14.9. The van der Waals surface area contributed by atoms with Crippen molar-refractivity contribution in [3.8, 4) is 0 Å². The third-order valence-electron chi connectivity index (χ3n) is 4.97. The van der Waals surface area contributed by atoms with Crippen LogP contribution in [-0.2, 0) is 21.9 Å². The van der Waals surface area contributed by atoms with Crippen molar-refractivity contribution in [2.45, 2.75) is 49.5 Å². The molecule has 1 amide bonds. The Morgan fingerprint density at radius 1 is 1.23 bits per heavy atom. The van der Waals surface area contributed by atoms with Gasteiger partial charge in [-0.25, -0.2) is 8.42 Å². The lowest BCUT2D eigenvalue weighted by atomic mass is 10.2. The van der Waals surface area contributed by atoms with Crippen molar-refractivity contribution in [1.82, 2.24) is 13.8 Å². The standard InChI is InChI=1S/C17H25N3O5S/c1-18-12-14(26(24,25)19-8-3-2-4-9-19)11-15(18)17(23)20(13-5-6-13)10-7-16(21)22/h11-13H,2-10H2,1H3,(H,21,22). The molecule has 1 aliphatic carbocycles. The first-order valence-corrected chi connectivity index (χ1v) is 10.4. The highest BCUT2D eigenvalue weighted by Crippen LogP contribution is 2.29. The Kier molecular flexibility index (Phi) is 5.38. The first-order chi connectivity index (χ1) is 12.3. The number of nitrogens with zero attached hydrogens (tertiary/aromatic N) is 3. The SMILES string of the molecule is Cn1cc(S(=O)(=O)N2CCCCC2)cc1C(=O)N(CCC(=O)O)C1CC1. The van der Waals surface area contributed by atoms with Gasteiger partial charge in [-0.15, -0.1) is 0 Å². The summed E-state index contributed by atoms with van der Waals surface area (Å²) in [6, 6.07) is 1.47. The fraction of sp³-hybridized carbons (Fsp3) is 0.647. The molecule has 9 heteroatoms. The molecule has 1 N–H and O–H groups in total. The van der Waals surface area contributed by atoms with Crippen LogP contribution in [0.4, 0.5) is 0 Å². The number of aliphatic carboxylic acids is 1. The zero-order valence-corrected chi connectivity index (χ0v) is 15.7. The fourth-order valence-electron chi connectivity index (χ4n) is 3.34. The molecule has 0 atom stereocenters. The number of carboxylic acid groups (broad SMARTS) is 1. The average Bonchev–Trinajstić information content (AvgIpc) is 3.36. The van der Waals surface area contributed by atoms with Gasteiger partial charge in [0, 0.05) is 38.9 Å². The summed E-state index contributed by atoms with van der Waals surface area (Å²) >= 11 is 0. The van der Waals surface area contributed by atoms with Crippen LogP contribution in [0.3, 0.4) is 0 Å². The number of aryl methyl sites for hydroxylation is 1. The van der Waals surface area contributed by atoms with Gasteiger partial charge in [-0.05, 0) is 31.7 Å². The van der Waals surface area contributed by atoms with Gasteiger partial charge in [-0.2, -0.15) is 4.31 Å². The number of rotatable bonds is 7. The predicted octanol–water partition coefficient (Wildman–Crippen LogP) is 1.28. The zero-order chi connectivity index (χ0) is 18.9. The Morgan fingerprint density at radius 2 is 1.88 bits per heavy atom. The molecular formula is C17H25N3O5S. The molecule has 8 nitrogen and oxygen atoms in total. The molecule has 1 aromatic rings. The molecule has 2 fully saturated rings. The summed E-state index contributed by atoms with van der Waals surface area (Å²) < 4.78 is 28.6. The summed E-state index contributed by atoms with van der Waals surface area (Å²) in [4.78, 5) is 25.4. The first kappa shape index (κ1) is 18.9. The molecule has 0 spiro atoms. The third-order valence-corrected chi connectivity index (χ3v) is 6.83. The highest BCUT2D eigenvalue weighted by atomic mass is 32.2. The molecule has 1 saturated heterocycles. The minimum atomic E-state index is -3.61. The van der Waals surface area contributed by atoms with E-state index in [1.807, 2.05) is 0 Å². The van der Waals surface area contributed by atoms with Crippen molar-refractivity contribution < 1.29 is 23.1 Å². The monoisotopic (exact) mass is 383 g/mol. The Morgan fingerprint density at radius 3 is 2.46 bits per heavy atom. The number of aromatic nitrogens is 1. The normalized spacial score (nSPS) is 18.7. The topological polar surface area (TPSA) is 99.9 Å². The summed E-state index contributed by atoms with van der Waals surface area (Å²) in [6.07, 6.45) is 5.80. The van der Waals surface area contributed by atoms with Gasteiger partial charge in [0.1, 0.15) is 10.6 Å². The van der Waals surface area contributed by atoms with Crippen LogP contribution in [0.2, 0.25) is 0 Å². The fourth-order valence-corrected chi connectivity index (χ4v) is 4.93. The smallest absolute Gasteiger partial charge is 0.305 e. The van der Waals surface area contributed by atoms with Gasteiger partial charge in [-0.1, -0.05) is 6.42 Å². The van der Waals surface area contributed by atoms with Gasteiger partial charge in [0.2, 0.25) is 10.0 Å². The van der Waals surface area contributed by atoms with Crippen molar-refractivity contribution >= 4 is 21.9 Å². The number of carbonyl (C=O) groups is 2. The van der Waals surface area contributed by atoms with Gasteiger partial charge < -0.3 is 14.6 Å². The van der Waals surface area contributed by atoms with Crippen LogP contribution in [0, 0.1) is 0 Å². The molecule has 0 radical (unpaired) electrons. The van der Waals surface area contributed by atoms with E-state index in [0.717, 1.165) is 32.1 Å². The maximum Gasteiger partial charge on any atom is 0.305 e. The van der Waals surface area contributed by atoms with Crippen LogP contribution in [0.1, 0.15) is 49.0 Å². The van der Waals surface area contributed by atoms with Crippen LogP contribution in [0.25, 0.3) is 0 Å². The second-order valence-electron chi connectivity index (χ2n) is 7.01. The van der Waals surface area contributed by atoms with E-state index in [9.17, 15) is 18.0 Å². The molecule has 2 aliphatic rings. The second-order valence-corrected chi connectivity index (χ2v) is 8.95. The Labute approximate surface area is 153 Å². The van der Waals surface area contributed by atoms with Gasteiger partial charge >= 0.3 is 5.97 Å². The highest BCUT2D eigenvalue weighted by Gasteiger charge is 2.35. The minimum absolute atomic E-state index is 0.0545. The lowest BCUT2D eigenvalue weighted by molar-refractivity contribution is -0.137. The molecule has 1 saturated carbocycles. The van der Waals surface area contributed by atoms with E-state index in [0.29, 0.717) is 13.1 Å². The van der Waals surface area contributed by atoms with E-state index in [4.69, 9.17) is 5.11 Å². The number of carboxylic acids is 1. The largest absolute Gasteiger partial charge is 0.481 e. The molecule has 0 unspecified atom stereocenters. The predicted molar refractivity (Wildman–Crippen MR) is 94.3 cm³/mol. The summed E-state index contributed by atoms with van der Waals surface area (Å²) in [7, 11) is -1.96. The van der Waals surface area contributed by atoms with Crippen LogP contribution < -0.4 is 0 Å². The lowest BCUT2D eigenvalue weighted by Crippen LogP contribution is -2.36. The Hall–Kier alpha value is -1.87. The number of carbonyl (C=O) groups excluding carboxylic acids is 1. The maximum absolute atomic E-state index is 12.9. The van der Waals surface area contributed by atoms with Crippen LogP contribution in [0.5, 0.6) is 0 Å². The maximum atomic E-state index is 12.9. The number of piperidine rings is 1. The number of hydrogen-bond donors (Lipinski definition) is 1. The number of amides is 1. The first-order valence-electron chi connectivity index (χ1n) is 9.00. The van der Waals surface area contributed by atoms with E-state index >= 15 is 0 Å². The van der Waals surface area contributed by atoms with E-state index < -0.39 is 16.0 Å². The van der Waals surface area contributed by atoms with Gasteiger partial charge in [0.25, 0.3) is 5.91 Å². The number of hydrogen-bond acceptors (Lipinski definition) is 4. The highest BCUT2D eigenvalue weighted by molar-refractivity contribution is 7.89. The van der Waals surface area contributed by atoms with E-state index in [2.05, 4.69) is 0 Å². The van der Waals surface area contributed by atoms with E-state index in [-0.39, 0.29) is 35.5 Å². The molecule has 1 aliphatic heterocycles. The van der Waals surface area contributed by atoms with Crippen molar-refractivity contribution in [3.63, 3.8) is 0 Å². The third kappa shape index (κ3) is 3.93. The molecule has 0 aromatic carbocycles. The van der Waals surface area contributed by atoms with Crippen molar-refractivity contribution in [1.29, 1.82) is 0 Å². The molecule has 144 valence electrons. The summed E-state index contributed by atoms with van der Waals surface area (Å²) in [5.74, 6) is -1.26. The van der Waals surface area contributed by atoms with Crippen molar-refractivity contribution in [2.24, 2.45) is 7.05 Å². The van der Waals surface area contributed by atoms with Gasteiger partial charge in [0.15, 0.2) is 0 Å². The minimum Gasteiger partial charge on any atom is -0.481 e. The molecule has 3 rings (SSSR count). The quantitative estimate of drug-likeness (QED) is 0.764. The molecule has 2 heterocycles. The van der Waals surface area contributed by atoms with E-state index in [1.54, 1.807) is 11.9 Å². The summed E-state index contributed by atoms with van der Waals surface area (Å²) in [5, 5.41) is 8.90. The molecule has 1 aromatic heterocycles. The molecular weight excluding hydrogens is 358 g/mol. The summed E-state index contributed by atoms with van der Waals surface area (Å²) in [6.45, 7) is 1.15. The van der Waals surface area contributed by atoms with Crippen LogP contribution >= 0.6 is 0 Å². The second kappa shape index (κ2) is 7.40. The summed E-state index contributed by atoms with van der Waals surface area (Å²) in [5.41, 5.74) is 0.276. The van der Waals surface area contributed by atoms with Crippen molar-refractivity contribution in [2.75, 3.05) is 19.6 Å². The average molecular weight is 383 g/mol. The van der Waals surface area contributed by atoms with E-state index in [1.165, 1.54) is 21.1 Å². The molecule has 26 heavy (non-hydrogen) atoms. The molecule has 0 bridgehead atoms.